The Morgan fingerprint density at radius 2 is 1.74 bits per heavy atom. The fourth-order valence-electron chi connectivity index (χ4n) is 1.82. The number of benzene rings is 1. The van der Waals surface area contributed by atoms with Gasteiger partial charge in [-0.2, -0.15) is 0 Å². The quantitative estimate of drug-likeness (QED) is 0.828. The van der Waals surface area contributed by atoms with Crippen molar-refractivity contribution in [2.24, 2.45) is 0 Å². The summed E-state index contributed by atoms with van der Waals surface area (Å²) < 4.78 is 11.1. The molecule has 2 aromatic rings. The molecule has 0 unspecified atom stereocenters. The van der Waals surface area contributed by atoms with E-state index in [1.807, 2.05) is 0 Å². The molecule has 19 heavy (non-hydrogen) atoms. The molecule has 100 valence electrons. The van der Waals surface area contributed by atoms with Crippen LogP contribution >= 0.6 is 0 Å². The lowest BCUT2D eigenvalue weighted by atomic mass is 10.3. The molecule has 0 radical (unpaired) electrons. The van der Waals surface area contributed by atoms with Gasteiger partial charge in [-0.1, -0.05) is 18.2 Å². The predicted molar refractivity (Wildman–Crippen MR) is 69.4 cm³/mol. The smallest absolute Gasteiger partial charge is 0.333 e. The topological polar surface area (TPSA) is 73.3 Å². The molecule has 0 amide bonds. The van der Waals surface area contributed by atoms with E-state index in [0.29, 0.717) is 5.69 Å². The Morgan fingerprint density at radius 3 is 2.32 bits per heavy atom. The molecule has 0 aliphatic carbocycles. The first-order valence-corrected chi connectivity index (χ1v) is 5.64. The maximum Gasteiger partial charge on any atom is 0.333 e. The average Bonchev–Trinajstić information content (AvgIpc) is 2.44. The highest BCUT2D eigenvalue weighted by molar-refractivity contribution is 5.31. The number of hydrogen-bond acceptors (Lipinski definition) is 4. The second-order valence-corrected chi connectivity index (χ2v) is 3.83. The molecule has 0 fully saturated rings. The number of ether oxygens (including phenoxy) is 2. The molecule has 0 bridgehead atoms. The van der Waals surface area contributed by atoms with Crippen molar-refractivity contribution in [2.45, 2.75) is 6.29 Å². The zero-order valence-corrected chi connectivity index (χ0v) is 10.6. The Morgan fingerprint density at radius 1 is 1.11 bits per heavy atom. The first kappa shape index (κ1) is 13.3. The van der Waals surface area contributed by atoms with Crippen molar-refractivity contribution in [3.05, 3.63) is 62.9 Å². The van der Waals surface area contributed by atoms with Gasteiger partial charge in [-0.15, -0.1) is 0 Å². The lowest BCUT2D eigenvalue weighted by Crippen LogP contribution is -2.36. The molecule has 0 aliphatic heterocycles. The van der Waals surface area contributed by atoms with E-state index < -0.39 is 17.5 Å². The zero-order valence-electron chi connectivity index (χ0n) is 10.6. The van der Waals surface area contributed by atoms with Gasteiger partial charge in [0.15, 0.2) is 6.29 Å². The first-order chi connectivity index (χ1) is 9.19. The molecule has 0 aliphatic rings. The van der Waals surface area contributed by atoms with Crippen molar-refractivity contribution in [1.29, 1.82) is 0 Å². The third-order valence-corrected chi connectivity index (χ3v) is 2.70. The van der Waals surface area contributed by atoms with Crippen molar-refractivity contribution in [1.82, 2.24) is 9.55 Å². The Bertz CT molecular complexity index is 656. The fraction of sp³-hybridized carbons (Fsp3) is 0.231. The Labute approximate surface area is 109 Å². The Hall–Kier alpha value is -2.18. The summed E-state index contributed by atoms with van der Waals surface area (Å²) in [5.41, 5.74) is -0.260. The van der Waals surface area contributed by atoms with Crippen molar-refractivity contribution >= 4 is 0 Å². The van der Waals surface area contributed by atoms with Crippen LogP contribution < -0.4 is 11.2 Å². The Balaban J connectivity index is 2.66. The maximum absolute atomic E-state index is 12.3. The first-order valence-electron chi connectivity index (χ1n) is 5.64. The van der Waals surface area contributed by atoms with Gasteiger partial charge in [0, 0.05) is 20.4 Å². The van der Waals surface area contributed by atoms with Crippen LogP contribution in [0.2, 0.25) is 0 Å². The van der Waals surface area contributed by atoms with Crippen LogP contribution in [-0.2, 0) is 9.47 Å². The molecule has 1 heterocycles. The minimum absolute atomic E-state index is 0.230. The molecular formula is C13H14N2O4. The van der Waals surface area contributed by atoms with E-state index in [2.05, 4.69) is 4.98 Å². The molecule has 6 heteroatoms. The number of H-pyrrole nitrogens is 1. The Kier molecular flexibility index (Phi) is 3.94. The zero-order chi connectivity index (χ0) is 13.8. The highest BCUT2D eigenvalue weighted by Gasteiger charge is 2.17. The van der Waals surface area contributed by atoms with Crippen LogP contribution in [0.25, 0.3) is 5.69 Å². The lowest BCUT2D eigenvalue weighted by Gasteiger charge is -2.14. The van der Waals surface area contributed by atoms with Gasteiger partial charge in [-0.3, -0.25) is 4.79 Å². The van der Waals surface area contributed by atoms with Gasteiger partial charge < -0.3 is 14.5 Å². The minimum atomic E-state index is -0.820. The summed E-state index contributed by atoms with van der Waals surface area (Å²) in [6, 6.07) is 8.65. The monoisotopic (exact) mass is 262 g/mol. The molecule has 0 saturated heterocycles. The van der Waals surface area contributed by atoms with Crippen molar-refractivity contribution < 1.29 is 9.47 Å². The van der Waals surface area contributed by atoms with Crippen molar-refractivity contribution in [3.63, 3.8) is 0 Å². The molecule has 0 atom stereocenters. The number of nitrogens with one attached hydrogen (secondary N) is 1. The van der Waals surface area contributed by atoms with E-state index in [9.17, 15) is 9.59 Å². The van der Waals surface area contributed by atoms with Gasteiger partial charge in [0.2, 0.25) is 0 Å². The predicted octanol–water partition coefficient (Wildman–Crippen LogP) is 0.817. The molecule has 1 aromatic carbocycles. The van der Waals surface area contributed by atoms with Gasteiger partial charge in [-0.25, -0.2) is 9.36 Å². The van der Waals surface area contributed by atoms with E-state index in [1.54, 1.807) is 30.3 Å². The van der Waals surface area contributed by atoms with Gasteiger partial charge >= 0.3 is 5.69 Å². The number of aromatic amines is 1. The summed E-state index contributed by atoms with van der Waals surface area (Å²) in [7, 11) is 2.84. The van der Waals surface area contributed by atoms with E-state index in [4.69, 9.17) is 9.47 Å². The number of aromatic nitrogens is 2. The highest BCUT2D eigenvalue weighted by atomic mass is 16.7. The minimum Gasteiger partial charge on any atom is -0.351 e. The van der Waals surface area contributed by atoms with E-state index in [-0.39, 0.29) is 5.56 Å². The molecule has 6 nitrogen and oxygen atoms in total. The van der Waals surface area contributed by atoms with E-state index >= 15 is 0 Å². The van der Waals surface area contributed by atoms with E-state index in [1.165, 1.54) is 20.4 Å². The summed E-state index contributed by atoms with van der Waals surface area (Å²) in [5.74, 6) is 0. The summed E-state index contributed by atoms with van der Waals surface area (Å²) in [6.45, 7) is 0. The average molecular weight is 262 g/mol. The number of nitrogens with zero attached hydrogens (tertiary/aromatic N) is 1. The van der Waals surface area contributed by atoms with Crippen molar-refractivity contribution in [2.75, 3.05) is 14.2 Å². The summed E-state index contributed by atoms with van der Waals surface area (Å²) in [6.07, 6.45) is 0.487. The SMILES string of the molecule is COC(OC)c1c[nH]c(=O)n(-c2ccccc2)c1=O. The van der Waals surface area contributed by atoms with Crippen LogP contribution in [0.1, 0.15) is 11.9 Å². The standard InChI is InChI=1S/C13H14N2O4/c1-18-12(19-2)10-8-14-13(17)15(11(10)16)9-6-4-3-5-7-9/h3-8,12H,1-2H3,(H,14,17). The second-order valence-electron chi connectivity index (χ2n) is 3.83. The summed E-state index contributed by atoms with van der Waals surface area (Å²) >= 11 is 0. The van der Waals surface area contributed by atoms with Crippen LogP contribution in [0.15, 0.2) is 46.1 Å². The van der Waals surface area contributed by atoms with Crippen LogP contribution in [0, 0.1) is 0 Å². The molecular weight excluding hydrogens is 248 g/mol. The van der Waals surface area contributed by atoms with Crippen LogP contribution in [-0.4, -0.2) is 23.8 Å². The molecule has 1 N–H and O–H groups in total. The number of rotatable bonds is 4. The van der Waals surface area contributed by atoms with Crippen LogP contribution in [0.3, 0.4) is 0 Å². The number of para-hydroxylation sites is 1. The molecule has 0 spiro atoms. The van der Waals surface area contributed by atoms with E-state index in [0.717, 1.165) is 4.57 Å². The van der Waals surface area contributed by atoms with Crippen LogP contribution in [0.5, 0.6) is 0 Å². The third kappa shape index (κ3) is 2.49. The lowest BCUT2D eigenvalue weighted by molar-refractivity contribution is -0.107. The number of hydrogen-bond donors (Lipinski definition) is 1. The largest absolute Gasteiger partial charge is 0.351 e. The second kappa shape index (κ2) is 5.64. The van der Waals surface area contributed by atoms with Gasteiger partial charge in [0.1, 0.15) is 0 Å². The van der Waals surface area contributed by atoms with Crippen LogP contribution in [0.4, 0.5) is 0 Å². The van der Waals surface area contributed by atoms with Gasteiger partial charge in [0.05, 0.1) is 11.3 Å². The van der Waals surface area contributed by atoms with Gasteiger partial charge in [0.25, 0.3) is 5.56 Å². The molecule has 1 aromatic heterocycles. The van der Waals surface area contributed by atoms with Crippen molar-refractivity contribution in [3.8, 4) is 5.69 Å². The maximum atomic E-state index is 12.3. The summed E-state index contributed by atoms with van der Waals surface area (Å²) in [5, 5.41) is 0. The molecule has 0 saturated carbocycles. The fourth-order valence-corrected chi connectivity index (χ4v) is 1.82. The number of methoxy groups -OCH3 is 2. The normalized spacial score (nSPS) is 10.9. The molecule has 2 rings (SSSR count). The van der Waals surface area contributed by atoms with Gasteiger partial charge in [-0.05, 0) is 12.1 Å². The summed E-state index contributed by atoms with van der Waals surface area (Å²) in [4.78, 5) is 26.7. The third-order valence-electron chi connectivity index (χ3n) is 2.70. The highest BCUT2D eigenvalue weighted by Crippen LogP contribution is 2.11.